The van der Waals surface area contributed by atoms with Crippen molar-refractivity contribution in [2.75, 3.05) is 32.1 Å². The van der Waals surface area contributed by atoms with Gasteiger partial charge >= 0.3 is 0 Å². The standard InChI is InChI=1S/C24H29N3O3/c1-26(2)20-6-3-5-18(15-20)24(29)27-14-4-7-21(27)16-30-22-12-8-17(9-13-22)23(28)25-19-10-11-19/h3,5-6,8-9,12-13,15,19,21H,4,7,10-11,14,16H2,1-2H3,(H,25,28). The highest BCUT2D eigenvalue weighted by Crippen LogP contribution is 2.24. The summed E-state index contributed by atoms with van der Waals surface area (Å²) in [5.74, 6) is 0.736. The maximum Gasteiger partial charge on any atom is 0.254 e. The highest BCUT2D eigenvalue weighted by atomic mass is 16.5. The molecule has 1 unspecified atom stereocenters. The average Bonchev–Trinajstić information content (AvgIpc) is 3.45. The molecule has 0 radical (unpaired) electrons. The summed E-state index contributed by atoms with van der Waals surface area (Å²) >= 11 is 0. The van der Waals surface area contributed by atoms with Gasteiger partial charge in [-0.25, -0.2) is 0 Å². The molecule has 1 heterocycles. The maximum atomic E-state index is 13.1. The van der Waals surface area contributed by atoms with E-state index < -0.39 is 0 Å². The first-order valence-corrected chi connectivity index (χ1v) is 10.6. The molecule has 6 heteroatoms. The van der Waals surface area contributed by atoms with Crippen molar-refractivity contribution in [3.05, 3.63) is 59.7 Å². The number of amides is 2. The van der Waals surface area contributed by atoms with Crippen LogP contribution in [0.1, 0.15) is 46.4 Å². The molecule has 0 aromatic heterocycles. The lowest BCUT2D eigenvalue weighted by Gasteiger charge is -2.25. The van der Waals surface area contributed by atoms with Crippen molar-refractivity contribution in [1.82, 2.24) is 10.2 Å². The Kier molecular flexibility index (Phi) is 5.93. The number of nitrogens with zero attached hydrogens (tertiary/aromatic N) is 2. The highest BCUT2D eigenvalue weighted by Gasteiger charge is 2.30. The molecule has 0 bridgehead atoms. The van der Waals surface area contributed by atoms with Crippen LogP contribution in [-0.4, -0.2) is 56.0 Å². The smallest absolute Gasteiger partial charge is 0.254 e. The van der Waals surface area contributed by atoms with E-state index in [0.29, 0.717) is 29.5 Å². The summed E-state index contributed by atoms with van der Waals surface area (Å²) in [6.07, 6.45) is 4.06. The van der Waals surface area contributed by atoms with Gasteiger partial charge in [0.1, 0.15) is 12.4 Å². The number of ether oxygens (including phenoxy) is 1. The van der Waals surface area contributed by atoms with Gasteiger partial charge in [0.15, 0.2) is 0 Å². The van der Waals surface area contributed by atoms with Gasteiger partial charge in [0.2, 0.25) is 0 Å². The Morgan fingerprint density at radius 2 is 1.83 bits per heavy atom. The summed E-state index contributed by atoms with van der Waals surface area (Å²) in [5, 5.41) is 2.98. The topological polar surface area (TPSA) is 61.9 Å². The molecule has 30 heavy (non-hydrogen) atoms. The van der Waals surface area contributed by atoms with E-state index >= 15 is 0 Å². The Morgan fingerprint density at radius 3 is 2.53 bits per heavy atom. The van der Waals surface area contributed by atoms with Crippen LogP contribution in [0.3, 0.4) is 0 Å². The Labute approximate surface area is 177 Å². The van der Waals surface area contributed by atoms with E-state index in [1.165, 1.54) is 0 Å². The van der Waals surface area contributed by atoms with E-state index in [1.807, 2.05) is 60.3 Å². The van der Waals surface area contributed by atoms with Crippen LogP contribution >= 0.6 is 0 Å². The van der Waals surface area contributed by atoms with Gasteiger partial charge in [-0.2, -0.15) is 0 Å². The molecule has 2 aromatic carbocycles. The summed E-state index contributed by atoms with van der Waals surface area (Å²) < 4.78 is 5.96. The summed E-state index contributed by atoms with van der Waals surface area (Å²) in [6, 6.07) is 15.3. The van der Waals surface area contributed by atoms with E-state index in [9.17, 15) is 9.59 Å². The molecule has 2 fully saturated rings. The van der Waals surface area contributed by atoms with E-state index in [1.54, 1.807) is 12.1 Å². The number of nitrogens with one attached hydrogen (secondary N) is 1. The molecule has 2 aromatic rings. The van der Waals surface area contributed by atoms with Gasteiger partial charge in [0, 0.05) is 43.5 Å². The number of anilines is 1. The molecule has 6 nitrogen and oxygen atoms in total. The van der Waals surface area contributed by atoms with Crippen molar-refractivity contribution >= 4 is 17.5 Å². The Balaban J connectivity index is 1.35. The van der Waals surface area contributed by atoms with Gasteiger partial charge in [-0.15, -0.1) is 0 Å². The van der Waals surface area contributed by atoms with Crippen molar-refractivity contribution in [2.45, 2.75) is 37.8 Å². The zero-order valence-electron chi connectivity index (χ0n) is 17.6. The molecular formula is C24H29N3O3. The van der Waals surface area contributed by atoms with Crippen molar-refractivity contribution in [3.63, 3.8) is 0 Å². The molecular weight excluding hydrogens is 378 g/mol. The van der Waals surface area contributed by atoms with E-state index in [2.05, 4.69) is 5.32 Å². The van der Waals surface area contributed by atoms with Crippen LogP contribution in [-0.2, 0) is 0 Å². The monoisotopic (exact) mass is 407 g/mol. The SMILES string of the molecule is CN(C)c1cccc(C(=O)N2CCCC2COc2ccc(C(=O)NC3CC3)cc2)c1. The third-order valence-electron chi connectivity index (χ3n) is 5.72. The van der Waals surface area contributed by atoms with Crippen LogP contribution in [0.4, 0.5) is 5.69 Å². The van der Waals surface area contributed by atoms with Crippen molar-refractivity contribution in [2.24, 2.45) is 0 Å². The van der Waals surface area contributed by atoms with Gasteiger partial charge in [0.25, 0.3) is 11.8 Å². The van der Waals surface area contributed by atoms with Gasteiger partial charge in [-0.3, -0.25) is 9.59 Å². The minimum Gasteiger partial charge on any atom is -0.491 e. The molecule has 1 aliphatic carbocycles. The second-order valence-corrected chi connectivity index (χ2v) is 8.32. The molecule has 2 aliphatic rings. The molecule has 0 spiro atoms. The first-order valence-electron chi connectivity index (χ1n) is 10.6. The molecule has 1 aliphatic heterocycles. The Morgan fingerprint density at radius 1 is 1.07 bits per heavy atom. The third kappa shape index (κ3) is 4.75. The fourth-order valence-corrected chi connectivity index (χ4v) is 3.75. The van der Waals surface area contributed by atoms with Gasteiger partial charge in [0.05, 0.1) is 6.04 Å². The molecule has 2 amide bonds. The number of likely N-dealkylation sites (tertiary alicyclic amines) is 1. The molecule has 1 N–H and O–H groups in total. The summed E-state index contributed by atoms with van der Waals surface area (Å²) in [6.45, 7) is 1.20. The first kappa shape index (κ1) is 20.3. The van der Waals surface area contributed by atoms with Crippen LogP contribution in [0.25, 0.3) is 0 Å². The normalized spacial score (nSPS) is 18.2. The van der Waals surface area contributed by atoms with Gasteiger partial charge in [-0.05, 0) is 68.1 Å². The number of hydrogen-bond donors (Lipinski definition) is 1. The largest absolute Gasteiger partial charge is 0.491 e. The molecule has 1 saturated carbocycles. The maximum absolute atomic E-state index is 13.1. The predicted octanol–water partition coefficient (Wildman–Crippen LogP) is 3.33. The number of hydrogen-bond acceptors (Lipinski definition) is 4. The zero-order chi connectivity index (χ0) is 21.1. The lowest BCUT2D eigenvalue weighted by atomic mass is 10.1. The number of carbonyl (C=O) groups excluding carboxylic acids is 2. The summed E-state index contributed by atoms with van der Waals surface area (Å²) in [7, 11) is 3.94. The van der Waals surface area contributed by atoms with Gasteiger partial charge < -0.3 is 19.9 Å². The van der Waals surface area contributed by atoms with E-state index in [0.717, 1.165) is 37.9 Å². The second-order valence-electron chi connectivity index (χ2n) is 8.32. The summed E-state index contributed by atoms with van der Waals surface area (Å²) in [5.41, 5.74) is 2.37. The molecule has 158 valence electrons. The molecule has 4 rings (SSSR count). The van der Waals surface area contributed by atoms with Crippen LogP contribution in [0.2, 0.25) is 0 Å². The molecule has 1 atom stereocenters. The van der Waals surface area contributed by atoms with Crippen LogP contribution < -0.4 is 15.0 Å². The average molecular weight is 408 g/mol. The van der Waals surface area contributed by atoms with Crippen LogP contribution in [0.5, 0.6) is 5.75 Å². The summed E-state index contributed by atoms with van der Waals surface area (Å²) in [4.78, 5) is 29.1. The van der Waals surface area contributed by atoms with E-state index in [-0.39, 0.29) is 17.9 Å². The Bertz CT molecular complexity index is 906. The second kappa shape index (κ2) is 8.78. The Hall–Kier alpha value is -3.02. The van der Waals surface area contributed by atoms with Crippen molar-refractivity contribution in [3.8, 4) is 5.75 Å². The van der Waals surface area contributed by atoms with Crippen molar-refractivity contribution in [1.29, 1.82) is 0 Å². The lowest BCUT2D eigenvalue weighted by Crippen LogP contribution is -2.39. The number of benzene rings is 2. The number of rotatable bonds is 7. The van der Waals surface area contributed by atoms with Crippen molar-refractivity contribution < 1.29 is 14.3 Å². The fraction of sp³-hybridized carbons (Fsp3) is 0.417. The number of carbonyl (C=O) groups is 2. The lowest BCUT2D eigenvalue weighted by molar-refractivity contribution is 0.0691. The van der Waals surface area contributed by atoms with Crippen LogP contribution in [0, 0.1) is 0 Å². The minimum absolute atomic E-state index is 0.0310. The quantitative estimate of drug-likeness (QED) is 0.765. The van der Waals surface area contributed by atoms with Gasteiger partial charge in [-0.1, -0.05) is 6.07 Å². The highest BCUT2D eigenvalue weighted by molar-refractivity contribution is 5.95. The fourth-order valence-electron chi connectivity index (χ4n) is 3.75. The third-order valence-corrected chi connectivity index (χ3v) is 5.72. The predicted molar refractivity (Wildman–Crippen MR) is 117 cm³/mol. The van der Waals surface area contributed by atoms with E-state index in [4.69, 9.17) is 4.74 Å². The first-order chi connectivity index (χ1) is 14.5. The minimum atomic E-state index is -0.0310. The zero-order valence-corrected chi connectivity index (χ0v) is 17.6. The molecule has 1 saturated heterocycles. The van der Waals surface area contributed by atoms with Crippen LogP contribution in [0.15, 0.2) is 48.5 Å².